The summed E-state index contributed by atoms with van der Waals surface area (Å²) in [5.74, 6) is 0.103. The minimum Gasteiger partial charge on any atom is -0.483 e. The molecule has 0 aromatic carbocycles. The average Bonchev–Trinajstić information content (AvgIpc) is 2.78. The van der Waals surface area contributed by atoms with Crippen LogP contribution in [0.25, 0.3) is 0 Å². The molecule has 1 saturated carbocycles. The number of nitrogens with one attached hydrogen (secondary N) is 2. The number of nitrogens with zero attached hydrogens (tertiary/aromatic N) is 2. The predicted octanol–water partition coefficient (Wildman–Crippen LogP) is 1.13. The van der Waals surface area contributed by atoms with Crippen LogP contribution in [0.15, 0.2) is 24.5 Å². The van der Waals surface area contributed by atoms with E-state index < -0.39 is 0 Å². The van der Waals surface area contributed by atoms with Gasteiger partial charge < -0.3 is 20.6 Å². The fourth-order valence-corrected chi connectivity index (χ4v) is 4.03. The molecule has 1 aliphatic carbocycles. The van der Waals surface area contributed by atoms with E-state index in [2.05, 4.69) is 21.7 Å². The number of carbonyl (C=O) groups excluding carboxylic acids is 3. The number of carbonyl (C=O) groups is 4. The summed E-state index contributed by atoms with van der Waals surface area (Å²) in [5.41, 5.74) is 1.21. The van der Waals surface area contributed by atoms with Gasteiger partial charge in [-0.3, -0.25) is 24.2 Å². The van der Waals surface area contributed by atoms with E-state index in [1.807, 2.05) is 12.3 Å². The summed E-state index contributed by atoms with van der Waals surface area (Å²) in [4.78, 5) is 50.4. The maximum atomic E-state index is 12.6. The normalized spacial score (nSPS) is 20.6. The SMILES string of the molecule is O=C1CN(C(=O)C2CCC(NC(=O)CCCCc3cccnc3)CC2)CCN1.O=CO. The van der Waals surface area contributed by atoms with Gasteiger partial charge in [-0.2, -0.15) is 0 Å². The van der Waals surface area contributed by atoms with E-state index in [1.54, 1.807) is 11.1 Å². The molecule has 0 spiro atoms. The van der Waals surface area contributed by atoms with Crippen LogP contribution >= 0.6 is 0 Å². The molecule has 9 heteroatoms. The fourth-order valence-electron chi connectivity index (χ4n) is 4.03. The van der Waals surface area contributed by atoms with Gasteiger partial charge in [0.25, 0.3) is 6.47 Å². The van der Waals surface area contributed by atoms with Crippen LogP contribution in [0.1, 0.15) is 50.5 Å². The van der Waals surface area contributed by atoms with Crippen molar-refractivity contribution in [2.45, 2.75) is 57.4 Å². The molecule has 0 unspecified atom stereocenters. The van der Waals surface area contributed by atoms with Crippen molar-refractivity contribution in [2.75, 3.05) is 19.6 Å². The minimum atomic E-state index is -0.250. The molecule has 9 nitrogen and oxygen atoms in total. The molecule has 170 valence electrons. The Labute approximate surface area is 182 Å². The molecule has 2 heterocycles. The summed E-state index contributed by atoms with van der Waals surface area (Å²) < 4.78 is 0. The van der Waals surface area contributed by atoms with E-state index in [1.165, 1.54) is 5.56 Å². The van der Waals surface area contributed by atoms with Gasteiger partial charge in [-0.25, -0.2) is 0 Å². The zero-order valence-corrected chi connectivity index (χ0v) is 17.8. The second-order valence-electron chi connectivity index (χ2n) is 7.90. The molecule has 2 fully saturated rings. The quantitative estimate of drug-likeness (QED) is 0.438. The number of unbranched alkanes of at least 4 members (excludes halogenated alkanes) is 1. The van der Waals surface area contributed by atoms with Gasteiger partial charge >= 0.3 is 0 Å². The molecule has 0 atom stereocenters. The number of aromatic nitrogens is 1. The summed E-state index contributed by atoms with van der Waals surface area (Å²) in [6, 6.07) is 4.16. The van der Waals surface area contributed by atoms with Crippen LogP contribution in [0.4, 0.5) is 0 Å². The molecular weight excluding hydrogens is 400 g/mol. The van der Waals surface area contributed by atoms with Crippen LogP contribution in [0.5, 0.6) is 0 Å². The minimum absolute atomic E-state index is 0.0152. The maximum Gasteiger partial charge on any atom is 0.290 e. The number of piperazine rings is 1. The monoisotopic (exact) mass is 432 g/mol. The van der Waals surface area contributed by atoms with E-state index in [4.69, 9.17) is 9.90 Å². The number of hydrogen-bond acceptors (Lipinski definition) is 5. The fraction of sp³-hybridized carbons (Fsp3) is 0.591. The molecule has 3 N–H and O–H groups in total. The number of carboxylic acid groups (broad SMARTS) is 1. The Kier molecular flexibility index (Phi) is 10.5. The van der Waals surface area contributed by atoms with Crippen molar-refractivity contribution in [1.29, 1.82) is 0 Å². The van der Waals surface area contributed by atoms with Crippen LogP contribution in [0, 0.1) is 5.92 Å². The van der Waals surface area contributed by atoms with Gasteiger partial charge in [0.2, 0.25) is 17.7 Å². The lowest BCUT2D eigenvalue weighted by molar-refractivity contribution is -0.142. The van der Waals surface area contributed by atoms with Crippen LogP contribution in [0.2, 0.25) is 0 Å². The topological polar surface area (TPSA) is 129 Å². The van der Waals surface area contributed by atoms with Gasteiger partial charge in [-0.15, -0.1) is 0 Å². The first kappa shape index (κ1) is 24.3. The van der Waals surface area contributed by atoms with Crippen LogP contribution < -0.4 is 10.6 Å². The number of rotatable bonds is 7. The number of hydrogen-bond donors (Lipinski definition) is 3. The molecule has 31 heavy (non-hydrogen) atoms. The third-order valence-electron chi connectivity index (χ3n) is 5.63. The lowest BCUT2D eigenvalue weighted by Gasteiger charge is -2.34. The molecule has 3 rings (SSSR count). The van der Waals surface area contributed by atoms with E-state index in [-0.39, 0.29) is 42.7 Å². The summed E-state index contributed by atoms with van der Waals surface area (Å²) in [5, 5.41) is 12.8. The van der Waals surface area contributed by atoms with Crippen LogP contribution in [-0.4, -0.2) is 64.9 Å². The Morgan fingerprint density at radius 3 is 2.65 bits per heavy atom. The molecule has 0 radical (unpaired) electrons. The van der Waals surface area contributed by atoms with E-state index in [0.29, 0.717) is 19.5 Å². The van der Waals surface area contributed by atoms with Gasteiger partial charge in [-0.1, -0.05) is 6.07 Å². The lowest BCUT2D eigenvalue weighted by Crippen LogP contribution is -2.52. The van der Waals surface area contributed by atoms with E-state index in [0.717, 1.165) is 44.9 Å². The number of amides is 3. The van der Waals surface area contributed by atoms with E-state index >= 15 is 0 Å². The maximum absolute atomic E-state index is 12.6. The van der Waals surface area contributed by atoms with Gasteiger partial charge in [0.15, 0.2) is 0 Å². The average molecular weight is 433 g/mol. The smallest absolute Gasteiger partial charge is 0.290 e. The summed E-state index contributed by atoms with van der Waals surface area (Å²) in [6.07, 6.45) is 10.2. The molecule has 1 aromatic rings. The standard InChI is InChI=1S/C21H30N4O3.CH2O2/c26-19(6-2-1-4-16-5-3-11-22-14-16)24-18-9-7-17(8-10-18)21(28)25-13-12-23-20(27)15-25;2-1-3/h3,5,11,14,17-18H,1-2,4,6-10,12-13,15H2,(H,23,27)(H,24,26);1H,(H,2,3). The van der Waals surface area contributed by atoms with Gasteiger partial charge in [0.05, 0.1) is 6.54 Å². The van der Waals surface area contributed by atoms with Crippen molar-refractivity contribution < 1.29 is 24.3 Å². The highest BCUT2D eigenvalue weighted by Crippen LogP contribution is 2.26. The highest BCUT2D eigenvalue weighted by molar-refractivity contribution is 5.87. The second kappa shape index (κ2) is 13.4. The zero-order valence-electron chi connectivity index (χ0n) is 17.8. The first-order chi connectivity index (χ1) is 15.0. The largest absolute Gasteiger partial charge is 0.483 e. The lowest BCUT2D eigenvalue weighted by atomic mass is 9.85. The van der Waals surface area contributed by atoms with Crippen molar-refractivity contribution in [3.8, 4) is 0 Å². The van der Waals surface area contributed by atoms with Crippen LogP contribution in [0.3, 0.4) is 0 Å². The summed E-state index contributed by atoms with van der Waals surface area (Å²) in [6.45, 7) is 1.06. The first-order valence-corrected chi connectivity index (χ1v) is 10.8. The molecule has 1 aliphatic heterocycles. The Hall–Kier alpha value is -2.97. The van der Waals surface area contributed by atoms with Crippen molar-refractivity contribution >= 4 is 24.2 Å². The molecule has 1 saturated heterocycles. The molecular formula is C22H32N4O5. The third kappa shape index (κ3) is 8.74. The molecule has 0 bridgehead atoms. The van der Waals surface area contributed by atoms with Crippen molar-refractivity contribution in [1.82, 2.24) is 20.5 Å². The Morgan fingerprint density at radius 2 is 2.00 bits per heavy atom. The Bertz CT molecular complexity index is 720. The highest BCUT2D eigenvalue weighted by Gasteiger charge is 2.31. The van der Waals surface area contributed by atoms with Gasteiger partial charge in [-0.05, 0) is 56.6 Å². The van der Waals surface area contributed by atoms with E-state index in [9.17, 15) is 14.4 Å². The van der Waals surface area contributed by atoms with Crippen molar-refractivity contribution in [3.05, 3.63) is 30.1 Å². The van der Waals surface area contributed by atoms with Crippen molar-refractivity contribution in [3.63, 3.8) is 0 Å². The zero-order chi connectivity index (χ0) is 22.5. The highest BCUT2D eigenvalue weighted by atomic mass is 16.3. The Balaban J connectivity index is 0.00000107. The van der Waals surface area contributed by atoms with Crippen LogP contribution in [-0.2, 0) is 25.6 Å². The summed E-state index contributed by atoms with van der Waals surface area (Å²) >= 11 is 0. The molecule has 1 aromatic heterocycles. The van der Waals surface area contributed by atoms with Gasteiger partial charge in [0, 0.05) is 43.9 Å². The molecule has 2 aliphatic rings. The van der Waals surface area contributed by atoms with Crippen molar-refractivity contribution in [2.24, 2.45) is 5.92 Å². The number of pyridine rings is 1. The first-order valence-electron chi connectivity index (χ1n) is 10.8. The summed E-state index contributed by atoms with van der Waals surface area (Å²) in [7, 11) is 0. The second-order valence-corrected chi connectivity index (χ2v) is 7.90. The number of aryl methyl sites for hydroxylation is 1. The van der Waals surface area contributed by atoms with Gasteiger partial charge in [0.1, 0.15) is 0 Å². The molecule has 3 amide bonds. The third-order valence-corrected chi connectivity index (χ3v) is 5.63. The Morgan fingerprint density at radius 1 is 1.26 bits per heavy atom. The predicted molar refractivity (Wildman–Crippen MR) is 114 cm³/mol.